The normalized spacial score (nSPS) is 27.8. The minimum absolute atomic E-state index is 0.000349. The van der Waals surface area contributed by atoms with Crippen molar-refractivity contribution in [3.05, 3.63) is 0 Å². The van der Waals surface area contributed by atoms with Gasteiger partial charge in [-0.1, -0.05) is 19.8 Å². The maximum atomic E-state index is 5.71. The van der Waals surface area contributed by atoms with E-state index < -0.39 is 0 Å². The van der Waals surface area contributed by atoms with E-state index in [1.165, 1.54) is 32.1 Å². The predicted octanol–water partition coefficient (Wildman–Crippen LogP) is 3.36. The van der Waals surface area contributed by atoms with E-state index in [2.05, 4.69) is 33.0 Å². The molecule has 0 aromatic heterocycles. The highest BCUT2D eigenvalue weighted by molar-refractivity contribution is 4.73. The van der Waals surface area contributed by atoms with Gasteiger partial charge in [-0.15, -0.1) is 0 Å². The molecule has 0 spiro atoms. The third-order valence-electron chi connectivity index (χ3n) is 3.33. The van der Waals surface area contributed by atoms with Gasteiger partial charge >= 0.3 is 0 Å². The molecule has 0 heterocycles. The molecule has 1 aliphatic rings. The van der Waals surface area contributed by atoms with Gasteiger partial charge in [-0.3, -0.25) is 0 Å². The Hall–Kier alpha value is -0.0800. The van der Waals surface area contributed by atoms with Crippen LogP contribution in [0.4, 0.5) is 0 Å². The Morgan fingerprint density at radius 1 is 1.12 bits per heavy atom. The lowest BCUT2D eigenvalue weighted by atomic mass is 10.0. The summed E-state index contributed by atoms with van der Waals surface area (Å²) in [5.74, 6) is 0.928. The third kappa shape index (κ3) is 6.49. The Morgan fingerprint density at radius 3 is 2.56 bits per heavy atom. The van der Waals surface area contributed by atoms with Gasteiger partial charge in [-0.2, -0.15) is 0 Å². The number of ether oxygens (including phenoxy) is 1. The van der Waals surface area contributed by atoms with E-state index in [1.54, 1.807) is 0 Å². The van der Waals surface area contributed by atoms with Gasteiger partial charge < -0.3 is 10.1 Å². The van der Waals surface area contributed by atoms with Crippen molar-refractivity contribution in [1.82, 2.24) is 5.32 Å². The average molecular weight is 227 g/mol. The van der Waals surface area contributed by atoms with Gasteiger partial charge in [-0.25, -0.2) is 0 Å². The molecule has 0 amide bonds. The lowest BCUT2D eigenvalue weighted by Crippen LogP contribution is -2.33. The molecule has 1 saturated carbocycles. The van der Waals surface area contributed by atoms with Gasteiger partial charge in [0.2, 0.25) is 0 Å². The summed E-state index contributed by atoms with van der Waals surface area (Å²) < 4.78 is 5.71. The Balaban J connectivity index is 2.08. The molecule has 2 nitrogen and oxygen atoms in total. The second-order valence-electron chi connectivity index (χ2n) is 6.23. The van der Waals surface area contributed by atoms with Crippen molar-refractivity contribution in [2.45, 2.75) is 71.4 Å². The van der Waals surface area contributed by atoms with Gasteiger partial charge in [0.1, 0.15) is 0 Å². The maximum Gasteiger partial charge on any atom is 0.0599 e. The van der Waals surface area contributed by atoms with E-state index in [0.29, 0.717) is 0 Å². The third-order valence-corrected chi connectivity index (χ3v) is 3.33. The molecule has 96 valence electrons. The summed E-state index contributed by atoms with van der Waals surface area (Å²) in [6.07, 6.45) is 6.88. The Labute approximate surface area is 101 Å². The first-order valence-electron chi connectivity index (χ1n) is 6.85. The zero-order valence-electron chi connectivity index (χ0n) is 11.5. The number of nitrogens with one attached hydrogen (secondary N) is 1. The van der Waals surface area contributed by atoms with Crippen molar-refractivity contribution in [2.24, 2.45) is 5.92 Å². The fraction of sp³-hybridized carbons (Fsp3) is 1.00. The molecular formula is C14H29NO. The quantitative estimate of drug-likeness (QED) is 0.587. The second-order valence-corrected chi connectivity index (χ2v) is 6.23. The molecule has 0 radical (unpaired) electrons. The van der Waals surface area contributed by atoms with Crippen LogP contribution in [-0.2, 0) is 4.74 Å². The highest BCUT2D eigenvalue weighted by Gasteiger charge is 2.15. The standard InChI is InChI=1S/C14H29NO/c1-12-6-5-7-13(9-8-12)15-10-11-16-14(2,3)4/h12-13,15H,5-11H2,1-4H3. The maximum absolute atomic E-state index is 5.71. The van der Waals surface area contributed by atoms with E-state index in [0.717, 1.165) is 25.1 Å². The molecule has 0 aromatic carbocycles. The SMILES string of the molecule is CC1CCCC(NCCOC(C)(C)C)CC1. The molecule has 0 bridgehead atoms. The smallest absolute Gasteiger partial charge is 0.0599 e. The first-order chi connectivity index (χ1) is 7.47. The van der Waals surface area contributed by atoms with Gasteiger partial charge in [-0.05, 0) is 46.0 Å². The summed E-state index contributed by atoms with van der Waals surface area (Å²) in [6.45, 7) is 10.5. The van der Waals surface area contributed by atoms with E-state index >= 15 is 0 Å². The van der Waals surface area contributed by atoms with E-state index in [4.69, 9.17) is 4.74 Å². The molecule has 1 fully saturated rings. The summed E-state index contributed by atoms with van der Waals surface area (Å²) in [7, 11) is 0. The molecule has 1 N–H and O–H groups in total. The van der Waals surface area contributed by atoms with Crippen molar-refractivity contribution >= 4 is 0 Å². The van der Waals surface area contributed by atoms with Crippen molar-refractivity contribution in [2.75, 3.05) is 13.2 Å². The molecule has 2 unspecified atom stereocenters. The zero-order valence-corrected chi connectivity index (χ0v) is 11.5. The van der Waals surface area contributed by atoms with Gasteiger partial charge in [0.05, 0.1) is 12.2 Å². The minimum Gasteiger partial charge on any atom is -0.375 e. The Kier molecular flexibility index (Phi) is 5.77. The van der Waals surface area contributed by atoms with Crippen molar-refractivity contribution in [3.63, 3.8) is 0 Å². The number of hydrogen-bond donors (Lipinski definition) is 1. The molecule has 16 heavy (non-hydrogen) atoms. The topological polar surface area (TPSA) is 21.3 Å². The first-order valence-corrected chi connectivity index (χ1v) is 6.85. The Morgan fingerprint density at radius 2 is 1.88 bits per heavy atom. The van der Waals surface area contributed by atoms with Crippen LogP contribution in [0.3, 0.4) is 0 Å². The zero-order chi connectivity index (χ0) is 12.0. The van der Waals surface area contributed by atoms with Crippen LogP contribution in [-0.4, -0.2) is 24.8 Å². The van der Waals surface area contributed by atoms with Crippen LogP contribution in [0.2, 0.25) is 0 Å². The van der Waals surface area contributed by atoms with Crippen LogP contribution in [0.15, 0.2) is 0 Å². The lowest BCUT2D eigenvalue weighted by molar-refractivity contribution is -0.00176. The summed E-state index contributed by atoms with van der Waals surface area (Å²) in [5, 5.41) is 3.63. The monoisotopic (exact) mass is 227 g/mol. The molecule has 1 aliphatic carbocycles. The number of rotatable bonds is 4. The predicted molar refractivity (Wildman–Crippen MR) is 69.7 cm³/mol. The summed E-state index contributed by atoms with van der Waals surface area (Å²) in [4.78, 5) is 0. The second kappa shape index (κ2) is 6.61. The number of hydrogen-bond acceptors (Lipinski definition) is 2. The van der Waals surface area contributed by atoms with Crippen LogP contribution in [0.5, 0.6) is 0 Å². The van der Waals surface area contributed by atoms with E-state index in [-0.39, 0.29) is 5.60 Å². The molecule has 1 rings (SSSR count). The minimum atomic E-state index is -0.000349. The molecule has 2 atom stereocenters. The fourth-order valence-corrected chi connectivity index (χ4v) is 2.31. The molecular weight excluding hydrogens is 198 g/mol. The van der Waals surface area contributed by atoms with Crippen molar-refractivity contribution < 1.29 is 4.74 Å². The van der Waals surface area contributed by atoms with E-state index in [9.17, 15) is 0 Å². The Bertz CT molecular complexity index is 186. The lowest BCUT2D eigenvalue weighted by Gasteiger charge is -2.21. The van der Waals surface area contributed by atoms with Crippen LogP contribution >= 0.6 is 0 Å². The largest absolute Gasteiger partial charge is 0.375 e. The van der Waals surface area contributed by atoms with Crippen LogP contribution in [0.25, 0.3) is 0 Å². The first kappa shape index (κ1) is 14.0. The van der Waals surface area contributed by atoms with Crippen molar-refractivity contribution in [3.8, 4) is 0 Å². The highest BCUT2D eigenvalue weighted by Crippen LogP contribution is 2.22. The summed E-state index contributed by atoms with van der Waals surface area (Å²) >= 11 is 0. The molecule has 0 saturated heterocycles. The van der Waals surface area contributed by atoms with Crippen LogP contribution in [0, 0.1) is 5.92 Å². The molecule has 0 aromatic rings. The van der Waals surface area contributed by atoms with Crippen molar-refractivity contribution in [1.29, 1.82) is 0 Å². The summed E-state index contributed by atoms with van der Waals surface area (Å²) in [5.41, 5.74) is -0.000349. The van der Waals surface area contributed by atoms with E-state index in [1.807, 2.05) is 0 Å². The van der Waals surface area contributed by atoms with Gasteiger partial charge in [0, 0.05) is 12.6 Å². The summed E-state index contributed by atoms with van der Waals surface area (Å²) in [6, 6.07) is 0.730. The van der Waals surface area contributed by atoms with Crippen LogP contribution < -0.4 is 5.32 Å². The fourth-order valence-electron chi connectivity index (χ4n) is 2.31. The van der Waals surface area contributed by atoms with Gasteiger partial charge in [0.15, 0.2) is 0 Å². The molecule has 0 aliphatic heterocycles. The van der Waals surface area contributed by atoms with Gasteiger partial charge in [0.25, 0.3) is 0 Å². The molecule has 2 heteroatoms. The average Bonchev–Trinajstić information content (AvgIpc) is 2.37. The highest BCUT2D eigenvalue weighted by atomic mass is 16.5. The van der Waals surface area contributed by atoms with Crippen LogP contribution in [0.1, 0.15) is 59.8 Å².